The monoisotopic (exact) mass is 273 g/mol. The number of carbonyl (C=O) groups is 1. The van der Waals surface area contributed by atoms with Crippen LogP contribution in [0, 0.1) is 11.8 Å². The van der Waals surface area contributed by atoms with Gasteiger partial charge in [-0.15, -0.1) is 0 Å². The summed E-state index contributed by atoms with van der Waals surface area (Å²) in [5.74, 6) is 2.29. The number of pyridine rings is 1. The van der Waals surface area contributed by atoms with Gasteiger partial charge in [0.1, 0.15) is 5.82 Å². The van der Waals surface area contributed by atoms with Gasteiger partial charge in [-0.25, -0.2) is 4.98 Å². The second-order valence-corrected chi connectivity index (χ2v) is 6.52. The average molecular weight is 273 g/mol. The highest BCUT2D eigenvalue weighted by molar-refractivity contribution is 5.95. The number of hydrogen-bond acceptors (Lipinski definition) is 3. The molecule has 1 aromatic heterocycles. The maximum absolute atomic E-state index is 12.6. The van der Waals surface area contributed by atoms with Gasteiger partial charge in [0.15, 0.2) is 0 Å². The molecule has 1 saturated heterocycles. The molecule has 1 aromatic rings. The lowest BCUT2D eigenvalue weighted by molar-refractivity contribution is 0.0780. The van der Waals surface area contributed by atoms with Gasteiger partial charge in [-0.05, 0) is 42.7 Å². The lowest BCUT2D eigenvalue weighted by atomic mass is 10.0. The molecule has 1 aliphatic heterocycles. The van der Waals surface area contributed by atoms with Crippen LogP contribution in [-0.4, -0.2) is 28.9 Å². The third kappa shape index (κ3) is 2.39. The number of carbonyl (C=O) groups excluding carboxylic acids is 1. The van der Waals surface area contributed by atoms with Crippen LogP contribution < -0.4 is 5.73 Å². The van der Waals surface area contributed by atoms with Gasteiger partial charge in [0.05, 0.1) is 0 Å². The van der Waals surface area contributed by atoms with Crippen molar-refractivity contribution in [2.45, 2.75) is 39.0 Å². The van der Waals surface area contributed by atoms with Crippen LogP contribution in [0.25, 0.3) is 0 Å². The van der Waals surface area contributed by atoms with Crippen LogP contribution in [0.2, 0.25) is 0 Å². The highest BCUT2D eigenvalue weighted by Crippen LogP contribution is 2.38. The van der Waals surface area contributed by atoms with Crippen molar-refractivity contribution in [3.8, 4) is 0 Å². The highest BCUT2D eigenvalue weighted by atomic mass is 16.2. The first-order chi connectivity index (χ1) is 9.54. The van der Waals surface area contributed by atoms with Gasteiger partial charge in [-0.1, -0.05) is 20.3 Å². The van der Waals surface area contributed by atoms with E-state index in [0.717, 1.165) is 30.6 Å². The summed E-state index contributed by atoms with van der Waals surface area (Å²) in [5.41, 5.74) is 7.44. The summed E-state index contributed by atoms with van der Waals surface area (Å²) in [4.78, 5) is 19.0. The molecule has 2 aliphatic rings. The number of aromatic nitrogens is 1. The Bertz CT molecular complexity index is 514. The Hall–Kier alpha value is -1.58. The van der Waals surface area contributed by atoms with Crippen molar-refractivity contribution < 1.29 is 4.79 Å². The van der Waals surface area contributed by atoms with E-state index < -0.39 is 0 Å². The van der Waals surface area contributed by atoms with Gasteiger partial charge in [-0.3, -0.25) is 4.79 Å². The lowest BCUT2D eigenvalue weighted by Gasteiger charge is -2.18. The van der Waals surface area contributed by atoms with Crippen LogP contribution in [-0.2, 0) is 0 Å². The number of likely N-dealkylation sites (tertiary alicyclic amines) is 1. The Balaban J connectivity index is 1.80. The first-order valence-corrected chi connectivity index (χ1v) is 7.61. The van der Waals surface area contributed by atoms with Crippen molar-refractivity contribution in [3.63, 3.8) is 0 Å². The fourth-order valence-electron chi connectivity index (χ4n) is 3.58. The zero-order valence-electron chi connectivity index (χ0n) is 12.3. The standard InChI is InChI=1S/C16H23N3O/c1-10(2)14-6-13(7-15(17)18-14)16(20)19-8-11-4-3-5-12(11)9-19/h6-7,10-12H,3-5,8-9H2,1-2H3,(H2,17,18). The van der Waals surface area contributed by atoms with Gasteiger partial charge >= 0.3 is 0 Å². The van der Waals surface area contributed by atoms with Crippen molar-refractivity contribution in [1.29, 1.82) is 0 Å². The van der Waals surface area contributed by atoms with Gasteiger partial charge < -0.3 is 10.6 Å². The molecule has 2 unspecified atom stereocenters. The molecule has 108 valence electrons. The van der Waals surface area contributed by atoms with E-state index in [0.29, 0.717) is 11.4 Å². The van der Waals surface area contributed by atoms with E-state index in [4.69, 9.17) is 5.73 Å². The molecule has 2 heterocycles. The third-order valence-corrected chi connectivity index (χ3v) is 4.72. The zero-order valence-corrected chi connectivity index (χ0v) is 12.3. The topological polar surface area (TPSA) is 59.2 Å². The predicted molar refractivity (Wildman–Crippen MR) is 79.5 cm³/mol. The second kappa shape index (κ2) is 5.08. The van der Waals surface area contributed by atoms with Crippen molar-refractivity contribution in [2.24, 2.45) is 11.8 Å². The normalized spacial score (nSPS) is 25.2. The minimum atomic E-state index is 0.121. The van der Waals surface area contributed by atoms with Gasteiger partial charge in [0, 0.05) is 24.3 Å². The van der Waals surface area contributed by atoms with E-state index in [9.17, 15) is 4.79 Å². The summed E-state index contributed by atoms with van der Waals surface area (Å²) in [7, 11) is 0. The van der Waals surface area contributed by atoms with Crippen LogP contribution in [0.15, 0.2) is 12.1 Å². The van der Waals surface area contributed by atoms with Crippen molar-refractivity contribution in [2.75, 3.05) is 18.8 Å². The summed E-state index contributed by atoms with van der Waals surface area (Å²) in [6.45, 7) is 5.97. The van der Waals surface area contributed by atoms with Crippen LogP contribution in [0.4, 0.5) is 5.82 Å². The number of anilines is 1. The van der Waals surface area contributed by atoms with E-state index in [1.54, 1.807) is 6.07 Å². The van der Waals surface area contributed by atoms with Crippen LogP contribution in [0.1, 0.15) is 55.1 Å². The summed E-state index contributed by atoms with van der Waals surface area (Å²) in [6.07, 6.45) is 3.89. The fourth-order valence-corrected chi connectivity index (χ4v) is 3.58. The van der Waals surface area contributed by atoms with Crippen molar-refractivity contribution >= 4 is 11.7 Å². The number of nitrogens with two attached hydrogens (primary N) is 1. The molecular formula is C16H23N3O. The summed E-state index contributed by atoms with van der Waals surface area (Å²) in [5, 5.41) is 0. The number of nitrogen functional groups attached to an aromatic ring is 1. The number of fused-ring (bicyclic) bond motifs is 1. The molecular weight excluding hydrogens is 250 g/mol. The van der Waals surface area contributed by atoms with Crippen molar-refractivity contribution in [1.82, 2.24) is 9.88 Å². The molecule has 0 aromatic carbocycles. The van der Waals surface area contributed by atoms with Crippen LogP contribution in [0.5, 0.6) is 0 Å². The quantitative estimate of drug-likeness (QED) is 0.901. The van der Waals surface area contributed by atoms with Gasteiger partial charge in [0.2, 0.25) is 0 Å². The Labute approximate surface area is 120 Å². The molecule has 3 rings (SSSR count). The number of nitrogens with zero attached hydrogens (tertiary/aromatic N) is 2. The molecule has 1 amide bonds. The van der Waals surface area contributed by atoms with Crippen LogP contribution in [0.3, 0.4) is 0 Å². The molecule has 1 aliphatic carbocycles. The summed E-state index contributed by atoms with van der Waals surface area (Å²) in [6, 6.07) is 3.61. The first kappa shape index (κ1) is 13.4. The SMILES string of the molecule is CC(C)c1cc(C(=O)N2CC3CCCC3C2)cc(N)n1. The molecule has 0 bridgehead atoms. The zero-order chi connectivity index (χ0) is 14.3. The lowest BCUT2D eigenvalue weighted by Crippen LogP contribution is -2.29. The second-order valence-electron chi connectivity index (χ2n) is 6.52. The Morgan fingerprint density at radius 3 is 2.55 bits per heavy atom. The first-order valence-electron chi connectivity index (χ1n) is 7.61. The smallest absolute Gasteiger partial charge is 0.254 e. The largest absolute Gasteiger partial charge is 0.384 e. The summed E-state index contributed by atoms with van der Waals surface area (Å²) < 4.78 is 0. The minimum Gasteiger partial charge on any atom is -0.384 e. The minimum absolute atomic E-state index is 0.121. The Morgan fingerprint density at radius 1 is 1.30 bits per heavy atom. The van der Waals surface area contributed by atoms with E-state index >= 15 is 0 Å². The van der Waals surface area contributed by atoms with Gasteiger partial charge in [-0.2, -0.15) is 0 Å². The Kier molecular flexibility index (Phi) is 3.40. The van der Waals surface area contributed by atoms with E-state index in [2.05, 4.69) is 18.8 Å². The number of hydrogen-bond donors (Lipinski definition) is 1. The maximum atomic E-state index is 12.6. The molecule has 2 N–H and O–H groups in total. The fraction of sp³-hybridized carbons (Fsp3) is 0.625. The van der Waals surface area contributed by atoms with Gasteiger partial charge in [0.25, 0.3) is 5.91 Å². The molecule has 2 atom stereocenters. The molecule has 1 saturated carbocycles. The van der Waals surface area contributed by atoms with Crippen LogP contribution >= 0.6 is 0 Å². The average Bonchev–Trinajstić information content (AvgIpc) is 2.97. The highest BCUT2D eigenvalue weighted by Gasteiger charge is 2.38. The molecule has 0 spiro atoms. The van der Waals surface area contributed by atoms with Crippen molar-refractivity contribution in [3.05, 3.63) is 23.4 Å². The molecule has 4 heteroatoms. The predicted octanol–water partition coefficient (Wildman–Crippen LogP) is 2.66. The maximum Gasteiger partial charge on any atom is 0.254 e. The van der Waals surface area contributed by atoms with E-state index in [1.807, 2.05) is 11.0 Å². The van der Waals surface area contributed by atoms with E-state index in [-0.39, 0.29) is 11.8 Å². The number of amides is 1. The van der Waals surface area contributed by atoms with E-state index in [1.165, 1.54) is 19.3 Å². The number of rotatable bonds is 2. The molecule has 4 nitrogen and oxygen atoms in total. The Morgan fingerprint density at radius 2 is 1.95 bits per heavy atom. The molecule has 0 radical (unpaired) electrons. The molecule has 20 heavy (non-hydrogen) atoms. The third-order valence-electron chi connectivity index (χ3n) is 4.72. The molecule has 2 fully saturated rings. The summed E-state index contributed by atoms with van der Waals surface area (Å²) >= 11 is 0.